The van der Waals surface area contributed by atoms with Crippen LogP contribution in [0.2, 0.25) is 0 Å². The van der Waals surface area contributed by atoms with E-state index in [2.05, 4.69) is 45.1 Å². The first-order chi connectivity index (χ1) is 7.18. The van der Waals surface area contributed by atoms with Crippen LogP contribution in [0.4, 0.5) is 0 Å². The fraction of sp³-hybridized carbons (Fsp3) is 0.600. The number of hydrogen-bond donors (Lipinski definition) is 0. The average molecular weight is 204 g/mol. The monoisotopic (exact) mass is 204 g/mol. The molecule has 0 nitrogen and oxygen atoms in total. The predicted molar refractivity (Wildman–Crippen MR) is 68.9 cm³/mol. The summed E-state index contributed by atoms with van der Waals surface area (Å²) in [6, 6.07) is 0. The van der Waals surface area contributed by atoms with Gasteiger partial charge >= 0.3 is 0 Å². The summed E-state index contributed by atoms with van der Waals surface area (Å²) in [5.74, 6) is 0.698. The molecule has 0 N–H and O–H groups in total. The van der Waals surface area contributed by atoms with Gasteiger partial charge in [0.25, 0.3) is 0 Å². The van der Waals surface area contributed by atoms with E-state index in [4.69, 9.17) is 0 Å². The van der Waals surface area contributed by atoms with Crippen molar-refractivity contribution < 1.29 is 0 Å². The molecule has 0 aromatic carbocycles. The Balaban J connectivity index is 2.62. The van der Waals surface area contributed by atoms with Crippen molar-refractivity contribution in [2.24, 2.45) is 5.92 Å². The Morgan fingerprint density at radius 3 is 2.47 bits per heavy atom. The van der Waals surface area contributed by atoms with Gasteiger partial charge in [-0.25, -0.2) is 0 Å². The van der Waals surface area contributed by atoms with Crippen LogP contribution in [0.1, 0.15) is 52.9 Å². The molecule has 84 valence electrons. The van der Waals surface area contributed by atoms with Crippen molar-refractivity contribution in [3.8, 4) is 0 Å². The standard InChI is InChI=1S/C15H24/c1-13-7-4-5-8-14(2)11-12-15(3)10-6-9-13/h5,8-9,12,14H,4,6-7,10-11H2,1-3H3/b8-5+,13-9+,15-12+. The normalized spacial score (nSPS) is 33.9. The van der Waals surface area contributed by atoms with E-state index in [0.29, 0.717) is 5.92 Å². The lowest BCUT2D eigenvalue weighted by Gasteiger charge is -2.06. The topological polar surface area (TPSA) is 0 Å². The molecule has 0 bridgehead atoms. The van der Waals surface area contributed by atoms with Crippen LogP contribution in [0.5, 0.6) is 0 Å². The molecular weight excluding hydrogens is 180 g/mol. The molecule has 0 fully saturated rings. The molecule has 1 rings (SSSR count). The summed E-state index contributed by atoms with van der Waals surface area (Å²) in [7, 11) is 0. The van der Waals surface area contributed by atoms with Crippen molar-refractivity contribution in [1.29, 1.82) is 0 Å². The molecule has 0 heteroatoms. The highest BCUT2D eigenvalue weighted by Gasteiger charge is 1.97. The van der Waals surface area contributed by atoms with Crippen molar-refractivity contribution in [3.05, 3.63) is 35.5 Å². The van der Waals surface area contributed by atoms with E-state index < -0.39 is 0 Å². The van der Waals surface area contributed by atoms with Gasteiger partial charge in [0.2, 0.25) is 0 Å². The first-order valence-electron chi connectivity index (χ1n) is 6.16. The summed E-state index contributed by atoms with van der Waals surface area (Å²) in [5.41, 5.74) is 3.08. The number of rotatable bonds is 0. The van der Waals surface area contributed by atoms with E-state index in [1.165, 1.54) is 32.1 Å². The van der Waals surface area contributed by atoms with Crippen LogP contribution in [0.15, 0.2) is 35.5 Å². The highest BCUT2D eigenvalue weighted by atomic mass is 14.0. The molecule has 1 unspecified atom stereocenters. The zero-order valence-corrected chi connectivity index (χ0v) is 10.4. The van der Waals surface area contributed by atoms with Gasteiger partial charge in [-0.05, 0) is 51.9 Å². The van der Waals surface area contributed by atoms with Gasteiger partial charge in [0.1, 0.15) is 0 Å². The molecule has 1 aliphatic rings. The molecule has 0 heterocycles. The maximum Gasteiger partial charge on any atom is -0.0227 e. The van der Waals surface area contributed by atoms with Gasteiger partial charge in [-0.15, -0.1) is 0 Å². The summed E-state index contributed by atoms with van der Waals surface area (Å²) in [4.78, 5) is 0. The molecule has 1 atom stereocenters. The van der Waals surface area contributed by atoms with Gasteiger partial charge in [-0.1, -0.05) is 42.4 Å². The average Bonchev–Trinajstić information content (AvgIpc) is 2.20. The second-order valence-corrected chi connectivity index (χ2v) is 4.82. The van der Waals surface area contributed by atoms with E-state index >= 15 is 0 Å². The van der Waals surface area contributed by atoms with Gasteiger partial charge in [0, 0.05) is 0 Å². The van der Waals surface area contributed by atoms with Gasteiger partial charge in [-0.2, -0.15) is 0 Å². The Labute approximate surface area is 94.8 Å². The minimum Gasteiger partial charge on any atom is -0.0879 e. The van der Waals surface area contributed by atoms with Crippen molar-refractivity contribution in [1.82, 2.24) is 0 Å². The fourth-order valence-corrected chi connectivity index (χ4v) is 1.86. The predicted octanol–water partition coefficient (Wildman–Crippen LogP) is 5.04. The Morgan fingerprint density at radius 2 is 1.67 bits per heavy atom. The third kappa shape index (κ3) is 5.61. The molecule has 0 amide bonds. The third-order valence-corrected chi connectivity index (χ3v) is 3.04. The first-order valence-corrected chi connectivity index (χ1v) is 6.16. The second kappa shape index (κ2) is 6.66. The molecule has 0 saturated carbocycles. The van der Waals surface area contributed by atoms with E-state index in [9.17, 15) is 0 Å². The first kappa shape index (κ1) is 12.3. The molecular formula is C15H24. The number of allylic oxidation sites excluding steroid dienone is 6. The van der Waals surface area contributed by atoms with Crippen LogP contribution in [-0.4, -0.2) is 0 Å². The molecule has 0 saturated heterocycles. The Hall–Kier alpha value is -0.780. The van der Waals surface area contributed by atoms with Crippen molar-refractivity contribution in [3.63, 3.8) is 0 Å². The van der Waals surface area contributed by atoms with E-state index in [1.807, 2.05) is 0 Å². The van der Waals surface area contributed by atoms with Gasteiger partial charge in [0.05, 0.1) is 0 Å². The van der Waals surface area contributed by atoms with Gasteiger partial charge in [-0.3, -0.25) is 0 Å². The summed E-state index contributed by atoms with van der Waals surface area (Å²) in [5, 5.41) is 0. The molecule has 0 aromatic heterocycles. The second-order valence-electron chi connectivity index (χ2n) is 4.82. The SMILES string of the molecule is C/C1=C\CC/C(C)=C/CC(C)/C=C/CC1. The lowest BCUT2D eigenvalue weighted by atomic mass is 10.0. The smallest absolute Gasteiger partial charge is 0.0227 e. The Morgan fingerprint density at radius 1 is 1.00 bits per heavy atom. The molecule has 0 radical (unpaired) electrons. The van der Waals surface area contributed by atoms with Crippen LogP contribution in [0.25, 0.3) is 0 Å². The molecule has 15 heavy (non-hydrogen) atoms. The largest absolute Gasteiger partial charge is 0.0879 e. The molecule has 0 aromatic rings. The summed E-state index contributed by atoms with van der Waals surface area (Å²) >= 11 is 0. The molecule has 1 aliphatic carbocycles. The maximum atomic E-state index is 2.40. The summed E-state index contributed by atoms with van der Waals surface area (Å²) in [6.45, 7) is 6.81. The van der Waals surface area contributed by atoms with Crippen LogP contribution in [0, 0.1) is 5.92 Å². The third-order valence-electron chi connectivity index (χ3n) is 3.04. The minimum atomic E-state index is 0.698. The lowest BCUT2D eigenvalue weighted by Crippen LogP contribution is -1.89. The summed E-state index contributed by atoms with van der Waals surface area (Å²) < 4.78 is 0. The zero-order chi connectivity index (χ0) is 11.1. The van der Waals surface area contributed by atoms with Crippen LogP contribution < -0.4 is 0 Å². The highest BCUT2D eigenvalue weighted by Crippen LogP contribution is 2.15. The number of hydrogen-bond acceptors (Lipinski definition) is 0. The van der Waals surface area contributed by atoms with Crippen molar-refractivity contribution >= 4 is 0 Å². The van der Waals surface area contributed by atoms with Crippen molar-refractivity contribution in [2.75, 3.05) is 0 Å². The lowest BCUT2D eigenvalue weighted by molar-refractivity contribution is 0.729. The zero-order valence-electron chi connectivity index (χ0n) is 10.4. The van der Waals surface area contributed by atoms with Gasteiger partial charge in [0.15, 0.2) is 0 Å². The van der Waals surface area contributed by atoms with Crippen LogP contribution in [0.3, 0.4) is 0 Å². The maximum absolute atomic E-state index is 2.40. The van der Waals surface area contributed by atoms with E-state index in [-0.39, 0.29) is 0 Å². The van der Waals surface area contributed by atoms with Gasteiger partial charge < -0.3 is 0 Å². The summed E-state index contributed by atoms with van der Waals surface area (Å²) in [6.07, 6.45) is 15.6. The quantitative estimate of drug-likeness (QED) is 0.485. The fourth-order valence-electron chi connectivity index (χ4n) is 1.86. The van der Waals surface area contributed by atoms with Crippen LogP contribution in [-0.2, 0) is 0 Å². The van der Waals surface area contributed by atoms with Crippen LogP contribution >= 0.6 is 0 Å². The molecule has 0 aliphatic heterocycles. The highest BCUT2D eigenvalue weighted by molar-refractivity contribution is 5.06. The van der Waals surface area contributed by atoms with E-state index in [0.717, 1.165) is 0 Å². The Kier molecular flexibility index (Phi) is 5.45. The molecule has 0 spiro atoms. The Bertz CT molecular complexity index is 266. The minimum absolute atomic E-state index is 0.698. The van der Waals surface area contributed by atoms with Crippen molar-refractivity contribution in [2.45, 2.75) is 52.9 Å². The van der Waals surface area contributed by atoms with E-state index in [1.54, 1.807) is 11.1 Å².